The molecule has 0 radical (unpaired) electrons. The number of pyridine rings is 2. The Labute approximate surface area is 200 Å². The Bertz CT molecular complexity index is 1350. The number of furan rings is 1. The molecule has 182 valence electrons. The number of halogens is 1. The molecule has 0 aliphatic rings. The van der Waals surface area contributed by atoms with Gasteiger partial charge in [0, 0.05) is 62.6 Å². The van der Waals surface area contributed by atoms with Gasteiger partial charge in [-0.3, -0.25) is 14.4 Å². The van der Waals surface area contributed by atoms with E-state index in [-0.39, 0.29) is 35.9 Å². The van der Waals surface area contributed by atoms with Crippen molar-refractivity contribution in [3.63, 3.8) is 0 Å². The molecular formula is C24H24FN5O5. The number of methoxy groups -OCH3 is 1. The number of aryl methyl sites for hydroxylation is 1. The first kappa shape index (κ1) is 24.0. The molecule has 35 heavy (non-hydrogen) atoms. The van der Waals surface area contributed by atoms with Crippen molar-refractivity contribution in [1.29, 1.82) is 0 Å². The third-order valence-corrected chi connectivity index (χ3v) is 5.24. The van der Waals surface area contributed by atoms with Crippen LogP contribution in [-0.4, -0.2) is 58.5 Å². The van der Waals surface area contributed by atoms with Crippen LogP contribution in [0, 0.1) is 5.95 Å². The number of fused-ring (bicyclic) bond motifs is 1. The number of ketones is 1. The number of hydrogen-bond acceptors (Lipinski definition) is 8. The molecular weight excluding hydrogens is 457 g/mol. The van der Waals surface area contributed by atoms with Gasteiger partial charge in [0.25, 0.3) is 0 Å². The van der Waals surface area contributed by atoms with E-state index in [4.69, 9.17) is 13.9 Å². The Balaban J connectivity index is 1.90. The summed E-state index contributed by atoms with van der Waals surface area (Å²) in [4.78, 5) is 35.7. The zero-order valence-electron chi connectivity index (χ0n) is 19.5. The second-order valence-electron chi connectivity index (χ2n) is 7.65. The van der Waals surface area contributed by atoms with E-state index in [0.29, 0.717) is 18.4 Å². The third-order valence-electron chi connectivity index (χ3n) is 5.24. The van der Waals surface area contributed by atoms with Gasteiger partial charge >= 0.3 is 6.09 Å². The van der Waals surface area contributed by atoms with Crippen LogP contribution < -0.4 is 4.90 Å². The summed E-state index contributed by atoms with van der Waals surface area (Å²) >= 11 is 0. The van der Waals surface area contributed by atoms with Crippen molar-refractivity contribution in [2.24, 2.45) is 7.05 Å². The Kier molecular flexibility index (Phi) is 7.16. The van der Waals surface area contributed by atoms with Gasteiger partial charge in [0.1, 0.15) is 5.69 Å². The van der Waals surface area contributed by atoms with Gasteiger partial charge < -0.3 is 13.9 Å². The van der Waals surface area contributed by atoms with Gasteiger partial charge in [0.2, 0.25) is 23.2 Å². The van der Waals surface area contributed by atoms with E-state index < -0.39 is 17.8 Å². The first-order chi connectivity index (χ1) is 16.9. The third kappa shape index (κ3) is 5.04. The van der Waals surface area contributed by atoms with Crippen molar-refractivity contribution in [2.45, 2.75) is 13.3 Å². The van der Waals surface area contributed by atoms with Gasteiger partial charge in [-0.15, -0.1) is 0 Å². The van der Waals surface area contributed by atoms with Gasteiger partial charge in [-0.2, -0.15) is 9.49 Å². The maximum Gasteiger partial charge on any atom is 0.414 e. The van der Waals surface area contributed by atoms with Crippen LogP contribution in [0.15, 0.2) is 47.4 Å². The molecule has 0 fully saturated rings. The predicted molar refractivity (Wildman–Crippen MR) is 125 cm³/mol. The lowest BCUT2D eigenvalue weighted by Gasteiger charge is -2.22. The van der Waals surface area contributed by atoms with Crippen LogP contribution in [0.2, 0.25) is 0 Å². The summed E-state index contributed by atoms with van der Waals surface area (Å²) in [5.41, 5.74) is 1.98. The van der Waals surface area contributed by atoms with Crippen molar-refractivity contribution < 1.29 is 27.9 Å². The van der Waals surface area contributed by atoms with Crippen LogP contribution in [0.25, 0.3) is 22.2 Å². The fourth-order valence-corrected chi connectivity index (χ4v) is 3.62. The number of amides is 1. The standard InChI is InChI=1S/C24H24FN5O5/c1-4-34-24(32)30(8-5-9-33-3)20-18-10-16(17-13-28-29(2)14-17)12-27-23(18)35-22(20)21(31)15-6-7-19(25)26-11-15/h6-7,10-14H,4-5,8-9H2,1-3H3. The van der Waals surface area contributed by atoms with Gasteiger partial charge in [-0.1, -0.05) is 0 Å². The van der Waals surface area contributed by atoms with Crippen LogP contribution in [0.3, 0.4) is 0 Å². The maximum atomic E-state index is 13.4. The lowest BCUT2D eigenvalue weighted by Crippen LogP contribution is -2.34. The summed E-state index contributed by atoms with van der Waals surface area (Å²) in [5.74, 6) is -1.42. The highest BCUT2D eigenvalue weighted by Crippen LogP contribution is 2.37. The smallest absolute Gasteiger partial charge is 0.414 e. The molecule has 0 atom stereocenters. The zero-order valence-corrected chi connectivity index (χ0v) is 19.5. The minimum Gasteiger partial charge on any atom is -0.449 e. The highest BCUT2D eigenvalue weighted by atomic mass is 19.1. The van der Waals surface area contributed by atoms with Crippen LogP contribution in [0.5, 0.6) is 0 Å². The fourth-order valence-electron chi connectivity index (χ4n) is 3.62. The molecule has 0 aromatic carbocycles. The molecule has 0 bridgehead atoms. The van der Waals surface area contributed by atoms with Gasteiger partial charge in [0.15, 0.2) is 0 Å². The second kappa shape index (κ2) is 10.4. The van der Waals surface area contributed by atoms with Crippen molar-refractivity contribution in [3.8, 4) is 11.1 Å². The monoisotopic (exact) mass is 481 g/mol. The van der Waals surface area contributed by atoms with E-state index in [0.717, 1.165) is 23.4 Å². The molecule has 0 unspecified atom stereocenters. The lowest BCUT2D eigenvalue weighted by atomic mass is 10.1. The summed E-state index contributed by atoms with van der Waals surface area (Å²) in [6.07, 6.45) is 6.04. The highest BCUT2D eigenvalue weighted by molar-refractivity contribution is 6.17. The molecule has 4 heterocycles. The number of aromatic nitrogens is 4. The Morgan fingerprint density at radius 1 is 1.17 bits per heavy atom. The molecule has 11 heteroatoms. The number of anilines is 1. The molecule has 0 saturated heterocycles. The van der Waals surface area contributed by atoms with Crippen molar-refractivity contribution in [1.82, 2.24) is 19.7 Å². The quantitative estimate of drug-likeness (QED) is 0.200. The summed E-state index contributed by atoms with van der Waals surface area (Å²) < 4.78 is 31.3. The van der Waals surface area contributed by atoms with E-state index in [9.17, 15) is 14.0 Å². The summed E-state index contributed by atoms with van der Waals surface area (Å²) in [7, 11) is 3.35. The van der Waals surface area contributed by atoms with E-state index in [1.165, 1.54) is 11.0 Å². The molecule has 0 spiro atoms. The topological polar surface area (TPSA) is 113 Å². The minimum absolute atomic E-state index is 0.0971. The average Bonchev–Trinajstić information content (AvgIpc) is 3.45. The Hall–Kier alpha value is -4.12. The van der Waals surface area contributed by atoms with Crippen molar-refractivity contribution in [3.05, 3.63) is 60.3 Å². The van der Waals surface area contributed by atoms with Crippen molar-refractivity contribution >= 4 is 28.7 Å². The molecule has 1 amide bonds. The molecule has 0 aliphatic carbocycles. The normalized spacial score (nSPS) is 11.1. The van der Waals surface area contributed by atoms with Crippen molar-refractivity contribution in [2.75, 3.05) is 31.8 Å². The van der Waals surface area contributed by atoms with E-state index in [2.05, 4.69) is 15.1 Å². The lowest BCUT2D eigenvalue weighted by molar-refractivity contribution is 0.101. The molecule has 4 aromatic rings. The number of hydrogen-bond donors (Lipinski definition) is 0. The number of carbonyl (C=O) groups is 2. The largest absolute Gasteiger partial charge is 0.449 e. The SMILES string of the molecule is CCOC(=O)N(CCCOC)c1c(C(=O)c2ccc(F)nc2)oc2ncc(-c3cnn(C)c3)cc12. The number of carbonyl (C=O) groups excluding carboxylic acids is 2. The van der Waals surface area contributed by atoms with Gasteiger partial charge in [-0.05, 0) is 31.5 Å². The first-order valence-electron chi connectivity index (χ1n) is 10.9. The summed E-state index contributed by atoms with van der Waals surface area (Å²) in [5, 5.41) is 4.63. The molecule has 0 saturated carbocycles. The Morgan fingerprint density at radius 2 is 2.00 bits per heavy atom. The molecule has 10 nitrogen and oxygen atoms in total. The summed E-state index contributed by atoms with van der Waals surface area (Å²) in [6, 6.07) is 4.16. The van der Waals surface area contributed by atoms with E-state index in [1.807, 2.05) is 6.20 Å². The number of rotatable bonds is 9. The van der Waals surface area contributed by atoms with Crippen LogP contribution in [-0.2, 0) is 16.5 Å². The zero-order chi connectivity index (χ0) is 24.9. The van der Waals surface area contributed by atoms with E-state index in [1.54, 1.807) is 44.2 Å². The molecule has 4 aromatic heterocycles. The van der Waals surface area contributed by atoms with Crippen LogP contribution in [0.4, 0.5) is 14.9 Å². The fraction of sp³-hybridized carbons (Fsp3) is 0.292. The number of ether oxygens (including phenoxy) is 2. The molecule has 0 N–H and O–H groups in total. The maximum absolute atomic E-state index is 13.4. The predicted octanol–water partition coefficient (Wildman–Crippen LogP) is 3.99. The van der Waals surface area contributed by atoms with E-state index >= 15 is 0 Å². The van der Waals surface area contributed by atoms with Gasteiger partial charge in [-0.25, -0.2) is 14.8 Å². The molecule has 4 rings (SSSR count). The average molecular weight is 481 g/mol. The molecule has 0 aliphatic heterocycles. The van der Waals surface area contributed by atoms with Crippen LogP contribution >= 0.6 is 0 Å². The number of nitrogens with zero attached hydrogens (tertiary/aromatic N) is 5. The second-order valence-corrected chi connectivity index (χ2v) is 7.65. The van der Waals surface area contributed by atoms with Crippen LogP contribution in [0.1, 0.15) is 29.5 Å². The van der Waals surface area contributed by atoms with Gasteiger partial charge in [0.05, 0.1) is 18.2 Å². The summed E-state index contributed by atoms with van der Waals surface area (Å²) in [6.45, 7) is 2.41. The Morgan fingerprint density at radius 3 is 2.66 bits per heavy atom. The highest BCUT2D eigenvalue weighted by Gasteiger charge is 2.31. The first-order valence-corrected chi connectivity index (χ1v) is 10.9. The minimum atomic E-state index is -0.720.